The second kappa shape index (κ2) is 11.7. The van der Waals surface area contributed by atoms with E-state index in [0.29, 0.717) is 30.9 Å². The molecular weight excluding hydrogens is 424 g/mol. The smallest absolute Gasteiger partial charge is 0.319 e. The van der Waals surface area contributed by atoms with E-state index >= 15 is 0 Å². The van der Waals surface area contributed by atoms with Gasteiger partial charge in [0, 0.05) is 31.0 Å². The highest BCUT2D eigenvalue weighted by atomic mass is 16.5. The van der Waals surface area contributed by atoms with E-state index < -0.39 is 11.9 Å². The van der Waals surface area contributed by atoms with Gasteiger partial charge in [-0.25, -0.2) is 4.79 Å². The molecule has 1 heterocycles. The first-order valence-corrected chi connectivity index (χ1v) is 10.9. The maximum atomic E-state index is 12.7. The highest BCUT2D eigenvalue weighted by molar-refractivity contribution is 6.06. The number of nitrogens with zero attached hydrogens (tertiary/aromatic N) is 1. The molecular formula is C24H28N4O5. The lowest BCUT2D eigenvalue weighted by Crippen LogP contribution is -2.35. The Balaban J connectivity index is 1.51. The number of hydrogen-bond donors (Lipinski definition) is 3. The van der Waals surface area contributed by atoms with Crippen LogP contribution in [-0.2, 0) is 32.1 Å². The van der Waals surface area contributed by atoms with Crippen molar-refractivity contribution in [1.82, 2.24) is 10.6 Å². The van der Waals surface area contributed by atoms with Crippen molar-refractivity contribution in [2.75, 3.05) is 29.9 Å². The van der Waals surface area contributed by atoms with E-state index in [0.717, 1.165) is 11.1 Å². The number of anilines is 2. The summed E-state index contributed by atoms with van der Waals surface area (Å²) in [6.45, 7) is 2.97. The Morgan fingerprint density at radius 3 is 2.58 bits per heavy atom. The predicted molar refractivity (Wildman–Crippen MR) is 124 cm³/mol. The lowest BCUT2D eigenvalue weighted by atomic mass is 10.1. The molecule has 1 aliphatic heterocycles. The number of hydrogen-bond acceptors (Lipinski definition) is 5. The van der Waals surface area contributed by atoms with Gasteiger partial charge in [-0.15, -0.1) is 0 Å². The van der Waals surface area contributed by atoms with Crippen LogP contribution in [0.2, 0.25) is 0 Å². The van der Waals surface area contributed by atoms with Gasteiger partial charge in [-0.1, -0.05) is 36.4 Å². The van der Waals surface area contributed by atoms with E-state index in [4.69, 9.17) is 4.74 Å². The van der Waals surface area contributed by atoms with E-state index in [1.54, 1.807) is 24.0 Å². The third kappa shape index (κ3) is 7.06. The van der Waals surface area contributed by atoms with Gasteiger partial charge < -0.3 is 25.6 Å². The Morgan fingerprint density at radius 2 is 1.82 bits per heavy atom. The van der Waals surface area contributed by atoms with Gasteiger partial charge >= 0.3 is 12.0 Å². The molecule has 2 aromatic carbocycles. The number of esters is 1. The molecule has 3 N–H and O–H groups in total. The number of carbonyl (C=O) groups excluding carboxylic acids is 4. The molecule has 0 radical (unpaired) electrons. The zero-order valence-corrected chi connectivity index (χ0v) is 18.6. The summed E-state index contributed by atoms with van der Waals surface area (Å²) in [5.74, 6) is -1.19. The molecule has 1 aliphatic rings. The SMILES string of the molecule is CCOC(=O)CCNC(=O)CC(=O)N1CCc2ccc(NC(=O)NCc3ccccc3)cc21. The van der Waals surface area contributed by atoms with Gasteiger partial charge in [0.1, 0.15) is 6.42 Å². The minimum Gasteiger partial charge on any atom is -0.466 e. The van der Waals surface area contributed by atoms with Crippen LogP contribution in [0.4, 0.5) is 16.2 Å². The Morgan fingerprint density at radius 1 is 1.03 bits per heavy atom. The Kier molecular flexibility index (Phi) is 8.40. The van der Waals surface area contributed by atoms with Gasteiger partial charge in [0.25, 0.3) is 0 Å². The number of rotatable bonds is 9. The number of amides is 4. The normalized spacial score (nSPS) is 12.0. The van der Waals surface area contributed by atoms with Crippen molar-refractivity contribution >= 4 is 35.2 Å². The first-order valence-electron chi connectivity index (χ1n) is 10.9. The summed E-state index contributed by atoms with van der Waals surface area (Å²) in [5, 5.41) is 8.14. The fourth-order valence-corrected chi connectivity index (χ4v) is 3.50. The maximum absolute atomic E-state index is 12.7. The highest BCUT2D eigenvalue weighted by Gasteiger charge is 2.26. The van der Waals surface area contributed by atoms with Gasteiger partial charge in [-0.05, 0) is 36.6 Å². The summed E-state index contributed by atoms with van der Waals surface area (Å²) in [6.07, 6.45) is 0.408. The molecule has 0 saturated carbocycles. The highest BCUT2D eigenvalue weighted by Crippen LogP contribution is 2.31. The summed E-state index contributed by atoms with van der Waals surface area (Å²) in [7, 11) is 0. The van der Waals surface area contributed by atoms with Crippen LogP contribution in [0.15, 0.2) is 48.5 Å². The van der Waals surface area contributed by atoms with E-state index in [2.05, 4.69) is 16.0 Å². The molecule has 0 aliphatic carbocycles. The fraction of sp³-hybridized carbons (Fsp3) is 0.333. The summed E-state index contributed by atoms with van der Waals surface area (Å²) in [6, 6.07) is 14.6. The molecule has 9 heteroatoms. The minimum atomic E-state index is -0.452. The first kappa shape index (κ1) is 23.8. The molecule has 0 aromatic heterocycles. The number of benzene rings is 2. The van der Waals surface area contributed by atoms with Gasteiger partial charge in [0.2, 0.25) is 11.8 Å². The Bertz CT molecular complexity index is 1010. The zero-order chi connectivity index (χ0) is 23.6. The van der Waals surface area contributed by atoms with Crippen LogP contribution in [0.25, 0.3) is 0 Å². The number of ether oxygens (including phenoxy) is 1. The average molecular weight is 453 g/mol. The second-order valence-corrected chi connectivity index (χ2v) is 7.51. The fourth-order valence-electron chi connectivity index (χ4n) is 3.50. The van der Waals surface area contributed by atoms with E-state index in [1.165, 1.54) is 0 Å². The Labute approximate surface area is 192 Å². The van der Waals surface area contributed by atoms with Gasteiger partial charge in [-0.2, -0.15) is 0 Å². The number of nitrogens with one attached hydrogen (secondary N) is 3. The molecule has 3 rings (SSSR count). The lowest BCUT2D eigenvalue weighted by molar-refractivity contribution is -0.143. The molecule has 33 heavy (non-hydrogen) atoms. The topological polar surface area (TPSA) is 117 Å². The molecule has 174 valence electrons. The van der Waals surface area contributed by atoms with Crippen LogP contribution in [0, 0.1) is 0 Å². The molecule has 0 atom stereocenters. The van der Waals surface area contributed by atoms with Crippen molar-refractivity contribution in [2.24, 2.45) is 0 Å². The van der Waals surface area contributed by atoms with Crippen molar-refractivity contribution in [3.8, 4) is 0 Å². The van der Waals surface area contributed by atoms with E-state index in [9.17, 15) is 19.2 Å². The monoisotopic (exact) mass is 452 g/mol. The van der Waals surface area contributed by atoms with Crippen LogP contribution < -0.4 is 20.9 Å². The van der Waals surface area contributed by atoms with Crippen LogP contribution in [0.3, 0.4) is 0 Å². The van der Waals surface area contributed by atoms with E-state index in [-0.39, 0.29) is 37.9 Å². The number of fused-ring (bicyclic) bond motifs is 1. The molecule has 4 amide bonds. The van der Waals surface area contributed by atoms with Gasteiger partial charge in [0.15, 0.2) is 0 Å². The molecule has 9 nitrogen and oxygen atoms in total. The Hall–Kier alpha value is -3.88. The first-order chi connectivity index (χ1) is 16.0. The third-order valence-electron chi connectivity index (χ3n) is 5.10. The minimum absolute atomic E-state index is 0.0572. The van der Waals surface area contributed by atoms with Crippen molar-refractivity contribution < 1.29 is 23.9 Å². The molecule has 0 fully saturated rings. The van der Waals surface area contributed by atoms with E-state index in [1.807, 2.05) is 36.4 Å². The summed E-state index contributed by atoms with van der Waals surface area (Å²) >= 11 is 0. The van der Waals surface area contributed by atoms with Crippen LogP contribution in [-0.4, -0.2) is 43.5 Å². The quantitative estimate of drug-likeness (QED) is 0.399. The van der Waals surface area contributed by atoms with Crippen molar-refractivity contribution in [2.45, 2.75) is 32.7 Å². The predicted octanol–water partition coefficient (Wildman–Crippen LogP) is 2.36. The largest absolute Gasteiger partial charge is 0.466 e. The number of carbonyl (C=O) groups is 4. The number of urea groups is 1. The second-order valence-electron chi connectivity index (χ2n) is 7.51. The third-order valence-corrected chi connectivity index (χ3v) is 5.10. The molecule has 0 saturated heterocycles. The maximum Gasteiger partial charge on any atom is 0.319 e. The molecule has 0 spiro atoms. The summed E-state index contributed by atoms with van der Waals surface area (Å²) in [5.41, 5.74) is 3.19. The molecule has 0 bridgehead atoms. The summed E-state index contributed by atoms with van der Waals surface area (Å²) in [4.78, 5) is 49.9. The van der Waals surface area contributed by atoms with Crippen LogP contribution in [0.1, 0.15) is 30.9 Å². The van der Waals surface area contributed by atoms with Gasteiger partial charge in [0.05, 0.1) is 13.0 Å². The molecule has 2 aromatic rings. The van der Waals surface area contributed by atoms with Crippen molar-refractivity contribution in [1.29, 1.82) is 0 Å². The molecule has 0 unspecified atom stereocenters. The standard InChI is InChI=1S/C24H28N4O5/c1-2-33-23(31)10-12-25-21(29)15-22(30)28-13-11-18-8-9-19(14-20(18)28)27-24(32)26-16-17-6-4-3-5-7-17/h3-9,14H,2,10-13,15-16H2,1H3,(H,25,29)(H2,26,27,32). The zero-order valence-electron chi connectivity index (χ0n) is 18.6. The lowest BCUT2D eigenvalue weighted by Gasteiger charge is -2.18. The van der Waals surface area contributed by atoms with Gasteiger partial charge in [-0.3, -0.25) is 14.4 Å². The van der Waals surface area contributed by atoms with Crippen LogP contribution >= 0.6 is 0 Å². The van der Waals surface area contributed by atoms with Crippen molar-refractivity contribution in [3.63, 3.8) is 0 Å². The summed E-state index contributed by atoms with van der Waals surface area (Å²) < 4.78 is 4.80. The van der Waals surface area contributed by atoms with Crippen molar-refractivity contribution in [3.05, 3.63) is 59.7 Å². The average Bonchev–Trinajstić information content (AvgIpc) is 3.22. The van der Waals surface area contributed by atoms with Crippen LogP contribution in [0.5, 0.6) is 0 Å².